The van der Waals surface area contributed by atoms with E-state index in [1.54, 1.807) is 18.3 Å². The maximum Gasteiger partial charge on any atom is 0.215 e. The molecule has 0 saturated heterocycles. The number of ether oxygens (including phenoxy) is 1. The van der Waals surface area contributed by atoms with Crippen LogP contribution in [0.1, 0.15) is 0 Å². The standard InChI is InChI=1S/C9H6Cl2N2O/c1-14-7-4-5-6(10)2-3-12-8(5)9(11)13-7/h2-4H,1H3. The Hall–Kier alpha value is -1.06. The number of hydrogen-bond acceptors (Lipinski definition) is 3. The maximum atomic E-state index is 5.98. The Morgan fingerprint density at radius 3 is 2.86 bits per heavy atom. The smallest absolute Gasteiger partial charge is 0.215 e. The summed E-state index contributed by atoms with van der Waals surface area (Å²) < 4.78 is 4.98. The lowest BCUT2D eigenvalue weighted by Crippen LogP contribution is -1.90. The molecular formula is C9H6Cl2N2O. The summed E-state index contributed by atoms with van der Waals surface area (Å²) in [5, 5.41) is 1.62. The van der Waals surface area contributed by atoms with Crippen LogP contribution in [0.25, 0.3) is 10.9 Å². The van der Waals surface area contributed by atoms with E-state index >= 15 is 0 Å². The van der Waals surface area contributed by atoms with Crippen molar-refractivity contribution in [2.45, 2.75) is 0 Å². The molecule has 2 aromatic heterocycles. The second kappa shape index (κ2) is 3.59. The minimum absolute atomic E-state index is 0.293. The van der Waals surface area contributed by atoms with Crippen LogP contribution < -0.4 is 4.74 Å². The van der Waals surface area contributed by atoms with Crippen molar-refractivity contribution in [3.63, 3.8) is 0 Å². The van der Waals surface area contributed by atoms with Gasteiger partial charge in [-0.05, 0) is 6.07 Å². The van der Waals surface area contributed by atoms with Gasteiger partial charge in [-0.1, -0.05) is 23.2 Å². The van der Waals surface area contributed by atoms with Gasteiger partial charge >= 0.3 is 0 Å². The predicted octanol–water partition coefficient (Wildman–Crippen LogP) is 2.95. The van der Waals surface area contributed by atoms with E-state index in [0.29, 0.717) is 21.6 Å². The van der Waals surface area contributed by atoms with Crippen LogP contribution in [0.4, 0.5) is 0 Å². The summed E-state index contributed by atoms with van der Waals surface area (Å²) in [6.07, 6.45) is 1.59. The van der Waals surface area contributed by atoms with E-state index in [1.165, 1.54) is 7.11 Å². The first-order valence-corrected chi connectivity index (χ1v) is 4.62. The Morgan fingerprint density at radius 2 is 2.14 bits per heavy atom. The Bertz CT molecular complexity index is 487. The molecule has 0 unspecified atom stereocenters. The number of fused-ring (bicyclic) bond motifs is 1. The number of hydrogen-bond donors (Lipinski definition) is 0. The fraction of sp³-hybridized carbons (Fsp3) is 0.111. The fourth-order valence-corrected chi connectivity index (χ4v) is 1.60. The van der Waals surface area contributed by atoms with Gasteiger partial charge < -0.3 is 4.74 Å². The number of pyridine rings is 2. The highest BCUT2D eigenvalue weighted by atomic mass is 35.5. The lowest BCUT2D eigenvalue weighted by Gasteiger charge is -2.03. The van der Waals surface area contributed by atoms with Crippen molar-refractivity contribution in [3.8, 4) is 5.88 Å². The molecule has 0 aromatic carbocycles. The first-order valence-electron chi connectivity index (χ1n) is 3.87. The molecule has 0 aliphatic rings. The maximum absolute atomic E-state index is 5.98. The van der Waals surface area contributed by atoms with Crippen LogP contribution in [0.15, 0.2) is 18.3 Å². The number of aromatic nitrogens is 2. The van der Waals surface area contributed by atoms with Crippen LogP contribution in [0, 0.1) is 0 Å². The van der Waals surface area contributed by atoms with Gasteiger partial charge in [-0.3, -0.25) is 4.98 Å². The average molecular weight is 229 g/mol. The minimum atomic E-state index is 0.293. The van der Waals surface area contributed by atoms with Crippen LogP contribution in [-0.4, -0.2) is 17.1 Å². The van der Waals surface area contributed by atoms with E-state index in [4.69, 9.17) is 27.9 Å². The highest BCUT2D eigenvalue weighted by molar-refractivity contribution is 6.38. The van der Waals surface area contributed by atoms with Gasteiger partial charge in [-0.25, -0.2) is 0 Å². The van der Waals surface area contributed by atoms with Gasteiger partial charge in [0.15, 0.2) is 5.15 Å². The first kappa shape index (κ1) is 9.49. The topological polar surface area (TPSA) is 35.0 Å². The third-order valence-electron chi connectivity index (χ3n) is 1.82. The molecule has 0 spiro atoms. The van der Waals surface area contributed by atoms with Crippen LogP contribution in [0.5, 0.6) is 5.88 Å². The Morgan fingerprint density at radius 1 is 1.36 bits per heavy atom. The van der Waals surface area contributed by atoms with Gasteiger partial charge in [0.1, 0.15) is 5.52 Å². The molecule has 3 nitrogen and oxygen atoms in total. The number of nitrogens with zero attached hydrogens (tertiary/aromatic N) is 2. The van der Waals surface area contributed by atoms with E-state index in [-0.39, 0.29) is 0 Å². The predicted molar refractivity (Wildman–Crippen MR) is 56.1 cm³/mol. The van der Waals surface area contributed by atoms with Gasteiger partial charge in [-0.2, -0.15) is 4.98 Å². The fourth-order valence-electron chi connectivity index (χ4n) is 1.16. The van der Waals surface area contributed by atoms with Gasteiger partial charge in [0.25, 0.3) is 0 Å². The highest BCUT2D eigenvalue weighted by Gasteiger charge is 2.07. The molecule has 0 N–H and O–H groups in total. The summed E-state index contributed by atoms with van der Waals surface area (Å²) in [7, 11) is 1.52. The second-order valence-electron chi connectivity index (χ2n) is 2.64. The molecule has 2 rings (SSSR count). The molecule has 0 fully saturated rings. The molecule has 5 heteroatoms. The van der Waals surface area contributed by atoms with Crippen molar-refractivity contribution in [1.82, 2.24) is 9.97 Å². The zero-order chi connectivity index (χ0) is 10.1. The van der Waals surface area contributed by atoms with Crippen molar-refractivity contribution in [1.29, 1.82) is 0 Å². The molecule has 0 saturated carbocycles. The molecular weight excluding hydrogens is 223 g/mol. The number of methoxy groups -OCH3 is 1. The van der Waals surface area contributed by atoms with Gasteiger partial charge in [0.2, 0.25) is 5.88 Å². The quantitative estimate of drug-likeness (QED) is 0.705. The van der Waals surface area contributed by atoms with Crippen LogP contribution in [0.2, 0.25) is 10.2 Å². The van der Waals surface area contributed by atoms with Crippen molar-refractivity contribution >= 4 is 34.1 Å². The Kier molecular flexibility index (Phi) is 2.44. The molecule has 0 atom stereocenters. The van der Waals surface area contributed by atoms with E-state index < -0.39 is 0 Å². The van der Waals surface area contributed by atoms with Crippen molar-refractivity contribution < 1.29 is 4.74 Å². The van der Waals surface area contributed by atoms with E-state index in [0.717, 1.165) is 5.39 Å². The Labute approximate surface area is 90.6 Å². The lowest BCUT2D eigenvalue weighted by atomic mass is 10.2. The van der Waals surface area contributed by atoms with E-state index in [9.17, 15) is 0 Å². The van der Waals surface area contributed by atoms with Gasteiger partial charge in [-0.15, -0.1) is 0 Å². The van der Waals surface area contributed by atoms with Crippen LogP contribution >= 0.6 is 23.2 Å². The van der Waals surface area contributed by atoms with Crippen molar-refractivity contribution in [2.75, 3.05) is 7.11 Å². The third-order valence-corrected chi connectivity index (χ3v) is 2.41. The monoisotopic (exact) mass is 228 g/mol. The summed E-state index contributed by atoms with van der Waals surface area (Å²) in [4.78, 5) is 8.07. The summed E-state index contributed by atoms with van der Waals surface area (Å²) in [6.45, 7) is 0. The van der Waals surface area contributed by atoms with Gasteiger partial charge in [0, 0.05) is 17.6 Å². The lowest BCUT2D eigenvalue weighted by molar-refractivity contribution is 0.399. The Balaban J connectivity index is 2.83. The van der Waals surface area contributed by atoms with E-state index in [1.807, 2.05) is 0 Å². The largest absolute Gasteiger partial charge is 0.481 e. The minimum Gasteiger partial charge on any atom is -0.481 e. The van der Waals surface area contributed by atoms with Gasteiger partial charge in [0.05, 0.1) is 12.1 Å². The molecule has 0 aliphatic carbocycles. The molecule has 2 heterocycles. The molecule has 0 amide bonds. The zero-order valence-electron chi connectivity index (χ0n) is 7.29. The van der Waals surface area contributed by atoms with Crippen molar-refractivity contribution in [3.05, 3.63) is 28.5 Å². The number of halogens is 2. The van der Waals surface area contributed by atoms with Crippen molar-refractivity contribution in [2.24, 2.45) is 0 Å². The molecule has 72 valence electrons. The van der Waals surface area contributed by atoms with E-state index in [2.05, 4.69) is 9.97 Å². The summed E-state index contributed by atoms with van der Waals surface area (Å²) in [6, 6.07) is 3.40. The highest BCUT2D eigenvalue weighted by Crippen LogP contribution is 2.28. The number of rotatable bonds is 1. The zero-order valence-corrected chi connectivity index (χ0v) is 8.80. The molecule has 2 aromatic rings. The normalized spacial score (nSPS) is 10.5. The second-order valence-corrected chi connectivity index (χ2v) is 3.41. The van der Waals surface area contributed by atoms with Crippen LogP contribution in [-0.2, 0) is 0 Å². The summed E-state index contributed by atoms with van der Waals surface area (Å²) in [5.41, 5.74) is 0.583. The molecule has 0 bridgehead atoms. The molecule has 0 aliphatic heterocycles. The summed E-state index contributed by atoms with van der Waals surface area (Å²) in [5.74, 6) is 0.428. The first-order chi connectivity index (χ1) is 6.72. The molecule has 14 heavy (non-hydrogen) atoms. The SMILES string of the molecule is COc1cc2c(Cl)ccnc2c(Cl)n1. The van der Waals surface area contributed by atoms with Crippen LogP contribution in [0.3, 0.4) is 0 Å². The molecule has 0 radical (unpaired) electrons. The third kappa shape index (κ3) is 1.49. The average Bonchev–Trinajstić information content (AvgIpc) is 2.19. The summed E-state index contributed by atoms with van der Waals surface area (Å²) >= 11 is 11.9.